The summed E-state index contributed by atoms with van der Waals surface area (Å²) in [4.78, 5) is 27.4. The van der Waals surface area contributed by atoms with Gasteiger partial charge in [-0.1, -0.05) is 72.8 Å². The average molecular weight is 502 g/mol. The van der Waals surface area contributed by atoms with Crippen molar-refractivity contribution in [2.75, 3.05) is 0 Å². The lowest BCUT2D eigenvalue weighted by Crippen LogP contribution is -2.49. The highest BCUT2D eigenvalue weighted by atomic mass is 16.5. The van der Waals surface area contributed by atoms with E-state index in [2.05, 4.69) is 0 Å². The zero-order valence-electron chi connectivity index (χ0n) is 20.5. The molecule has 0 spiro atoms. The number of amides is 1. The van der Waals surface area contributed by atoms with Crippen molar-refractivity contribution >= 4 is 11.9 Å². The molecule has 5 rings (SSSR count). The van der Waals surface area contributed by atoms with Crippen molar-refractivity contribution in [3.05, 3.63) is 101 Å². The average Bonchev–Trinajstić information content (AvgIpc) is 2.89. The molecule has 3 aromatic rings. The van der Waals surface area contributed by atoms with Gasteiger partial charge in [-0.25, -0.2) is 0 Å². The summed E-state index contributed by atoms with van der Waals surface area (Å²) in [6.45, 7) is 0.676. The number of nitrogens with zero attached hydrogens (tertiary/aromatic N) is 1. The summed E-state index contributed by atoms with van der Waals surface area (Å²) in [5, 5.41) is 19.4. The molecule has 0 aromatic heterocycles. The molecule has 3 aromatic carbocycles. The zero-order chi connectivity index (χ0) is 25.8. The van der Waals surface area contributed by atoms with Gasteiger partial charge in [-0.15, -0.1) is 0 Å². The number of fused-ring (bicyclic) bond motifs is 1. The summed E-state index contributed by atoms with van der Waals surface area (Å²) < 4.78 is 12.3. The minimum Gasteiger partial charge on any atom is -0.489 e. The van der Waals surface area contributed by atoms with Gasteiger partial charge in [0.05, 0.1) is 18.6 Å². The number of aliphatic carboxylic acids is 1. The number of aliphatic hydroxyl groups excluding tert-OH is 1. The van der Waals surface area contributed by atoms with Crippen LogP contribution in [0.2, 0.25) is 0 Å². The highest BCUT2D eigenvalue weighted by molar-refractivity contribution is 5.84. The van der Waals surface area contributed by atoms with Gasteiger partial charge in [-0.2, -0.15) is 0 Å². The van der Waals surface area contributed by atoms with Gasteiger partial charge in [0.25, 0.3) is 5.91 Å². The van der Waals surface area contributed by atoms with Crippen molar-refractivity contribution in [3.63, 3.8) is 0 Å². The fourth-order valence-electron chi connectivity index (χ4n) is 5.06. The molecule has 0 saturated heterocycles. The van der Waals surface area contributed by atoms with E-state index >= 15 is 0 Å². The molecule has 37 heavy (non-hydrogen) atoms. The first-order chi connectivity index (χ1) is 18.0. The minimum absolute atomic E-state index is 0.179. The number of aliphatic hydroxyl groups is 1. The van der Waals surface area contributed by atoms with Crippen LogP contribution in [0.1, 0.15) is 47.6 Å². The van der Waals surface area contributed by atoms with E-state index in [0.29, 0.717) is 37.2 Å². The molecule has 1 heterocycles. The van der Waals surface area contributed by atoms with Crippen molar-refractivity contribution in [2.24, 2.45) is 0 Å². The lowest BCUT2D eigenvalue weighted by molar-refractivity contribution is -0.163. The minimum atomic E-state index is -0.965. The van der Waals surface area contributed by atoms with Gasteiger partial charge in [0.15, 0.2) is 6.10 Å². The van der Waals surface area contributed by atoms with Gasteiger partial charge in [0.1, 0.15) is 12.4 Å². The second-order valence-corrected chi connectivity index (χ2v) is 9.76. The van der Waals surface area contributed by atoms with E-state index in [9.17, 15) is 19.8 Å². The molecule has 2 atom stereocenters. The highest BCUT2D eigenvalue weighted by Crippen LogP contribution is 2.36. The number of rotatable bonds is 9. The molecular weight excluding hydrogens is 470 g/mol. The topological polar surface area (TPSA) is 96.3 Å². The first-order valence-corrected chi connectivity index (χ1v) is 12.7. The Morgan fingerprint density at radius 2 is 1.65 bits per heavy atom. The van der Waals surface area contributed by atoms with Crippen molar-refractivity contribution in [3.8, 4) is 5.75 Å². The van der Waals surface area contributed by atoms with Gasteiger partial charge in [0, 0.05) is 18.2 Å². The standard InChI is InChI=1S/C30H31NO6/c32-24-16-25(17-24)37-29(21-10-5-2-6-11-21)30(35)31-18-22-12-7-13-27(26(22)14-23(31)15-28(33)34)36-19-20-8-3-1-4-9-20/h1-13,23-25,29,32H,14-19H2,(H,33,34)/t23-,24-,25+,29?/m1/s1. The summed E-state index contributed by atoms with van der Waals surface area (Å²) >= 11 is 0. The SMILES string of the molecule is O=C(O)C[C@H]1Cc2c(cccc2OCc2ccccc2)CN1C(=O)C(O[C@H]1C[C@@H](O)C1)c1ccccc1. The third-order valence-electron chi connectivity index (χ3n) is 7.11. The summed E-state index contributed by atoms with van der Waals surface area (Å²) in [5.74, 6) is -0.517. The maximum atomic E-state index is 14.0. The quantitative estimate of drug-likeness (QED) is 0.455. The van der Waals surface area contributed by atoms with Crippen LogP contribution in [0, 0.1) is 0 Å². The van der Waals surface area contributed by atoms with Gasteiger partial charge in [0.2, 0.25) is 0 Å². The smallest absolute Gasteiger partial charge is 0.305 e. The van der Waals surface area contributed by atoms with E-state index in [1.165, 1.54) is 0 Å². The van der Waals surface area contributed by atoms with Crippen LogP contribution < -0.4 is 4.74 Å². The fraction of sp³-hybridized carbons (Fsp3) is 0.333. The molecule has 1 aliphatic heterocycles. The van der Waals surface area contributed by atoms with Crippen LogP contribution in [0.25, 0.3) is 0 Å². The normalized spacial score (nSPS) is 21.4. The first kappa shape index (κ1) is 25.0. The van der Waals surface area contributed by atoms with Crippen molar-refractivity contribution in [1.82, 2.24) is 4.90 Å². The summed E-state index contributed by atoms with van der Waals surface area (Å²) in [6.07, 6.45) is -0.317. The largest absolute Gasteiger partial charge is 0.489 e. The Morgan fingerprint density at radius 3 is 2.32 bits per heavy atom. The Kier molecular flexibility index (Phi) is 7.53. The van der Waals surface area contributed by atoms with E-state index in [1.54, 1.807) is 4.90 Å². The predicted octanol–water partition coefficient (Wildman–Crippen LogP) is 4.27. The van der Waals surface area contributed by atoms with Crippen molar-refractivity contribution in [2.45, 2.75) is 63.2 Å². The van der Waals surface area contributed by atoms with Gasteiger partial charge < -0.3 is 24.6 Å². The Labute approximate surface area is 216 Å². The monoisotopic (exact) mass is 501 g/mol. The highest BCUT2D eigenvalue weighted by Gasteiger charge is 2.39. The Balaban J connectivity index is 1.41. The van der Waals surface area contributed by atoms with Gasteiger partial charge >= 0.3 is 5.97 Å². The van der Waals surface area contributed by atoms with Gasteiger partial charge in [-0.05, 0) is 42.0 Å². The Bertz CT molecular complexity index is 1230. The lowest BCUT2D eigenvalue weighted by Gasteiger charge is -2.40. The van der Waals surface area contributed by atoms with Crippen LogP contribution in [0.5, 0.6) is 5.75 Å². The molecule has 7 nitrogen and oxygen atoms in total. The second kappa shape index (κ2) is 11.2. The predicted molar refractivity (Wildman–Crippen MR) is 137 cm³/mol. The molecule has 1 aliphatic carbocycles. The molecular formula is C30H31NO6. The van der Waals surface area contributed by atoms with Crippen molar-refractivity contribution < 1.29 is 29.3 Å². The van der Waals surface area contributed by atoms with Crippen LogP contribution in [-0.2, 0) is 33.9 Å². The van der Waals surface area contributed by atoms with Gasteiger partial charge in [-0.3, -0.25) is 9.59 Å². The van der Waals surface area contributed by atoms with E-state index in [0.717, 1.165) is 16.7 Å². The number of hydrogen-bond acceptors (Lipinski definition) is 5. The van der Waals surface area contributed by atoms with Crippen LogP contribution in [0.15, 0.2) is 78.9 Å². The van der Waals surface area contributed by atoms with Crippen LogP contribution in [0.4, 0.5) is 0 Å². The second-order valence-electron chi connectivity index (χ2n) is 9.76. The maximum absolute atomic E-state index is 14.0. The molecule has 0 bridgehead atoms. The summed E-state index contributed by atoms with van der Waals surface area (Å²) in [5.41, 5.74) is 3.63. The number of ether oxygens (including phenoxy) is 2. The molecule has 2 N–H and O–H groups in total. The number of carbonyl (C=O) groups is 2. The fourth-order valence-corrected chi connectivity index (χ4v) is 5.06. The number of benzene rings is 3. The molecule has 192 valence electrons. The molecule has 1 unspecified atom stereocenters. The lowest BCUT2D eigenvalue weighted by atomic mass is 9.90. The van der Waals surface area contributed by atoms with E-state index < -0.39 is 24.2 Å². The zero-order valence-corrected chi connectivity index (χ0v) is 20.5. The first-order valence-electron chi connectivity index (χ1n) is 12.7. The van der Waals surface area contributed by atoms with Crippen molar-refractivity contribution in [1.29, 1.82) is 0 Å². The maximum Gasteiger partial charge on any atom is 0.305 e. The molecule has 0 radical (unpaired) electrons. The molecule has 7 heteroatoms. The van der Waals surface area contributed by atoms with Crippen LogP contribution in [0.3, 0.4) is 0 Å². The molecule has 1 amide bonds. The van der Waals surface area contributed by atoms with E-state index in [4.69, 9.17) is 9.47 Å². The van der Waals surface area contributed by atoms with E-state index in [1.807, 2.05) is 78.9 Å². The molecule has 2 aliphatic rings. The summed E-state index contributed by atoms with van der Waals surface area (Å²) in [7, 11) is 0. The number of hydrogen-bond donors (Lipinski definition) is 2. The third kappa shape index (κ3) is 5.84. The Morgan fingerprint density at radius 1 is 0.946 bits per heavy atom. The molecule has 1 saturated carbocycles. The van der Waals surface area contributed by atoms with Crippen LogP contribution >= 0.6 is 0 Å². The molecule has 1 fully saturated rings. The van der Waals surface area contributed by atoms with E-state index in [-0.39, 0.29) is 25.0 Å². The Hall–Kier alpha value is -3.68. The number of carbonyl (C=O) groups excluding carboxylic acids is 1. The third-order valence-corrected chi connectivity index (χ3v) is 7.11. The summed E-state index contributed by atoms with van der Waals surface area (Å²) in [6, 6.07) is 24.3. The van der Waals surface area contributed by atoms with Crippen LogP contribution in [-0.4, -0.2) is 45.2 Å². The number of carboxylic acids is 1. The number of carboxylic acid groups (broad SMARTS) is 1.